The molecular weight excluding hydrogens is 264 g/mol. The third kappa shape index (κ3) is 3.12. The summed E-state index contributed by atoms with van der Waals surface area (Å²) in [5.74, 6) is -1.20. The van der Waals surface area contributed by atoms with Gasteiger partial charge in [-0.1, -0.05) is 0 Å². The second-order valence-electron chi connectivity index (χ2n) is 4.33. The van der Waals surface area contributed by atoms with Crippen LogP contribution in [0, 0.1) is 11.6 Å². The quantitative estimate of drug-likeness (QED) is 0.690. The van der Waals surface area contributed by atoms with Crippen LogP contribution in [0.5, 0.6) is 5.75 Å². The summed E-state index contributed by atoms with van der Waals surface area (Å²) in [6.07, 6.45) is -0.120. The minimum absolute atomic E-state index is 0.120. The van der Waals surface area contributed by atoms with Crippen LogP contribution in [0.15, 0.2) is 36.4 Å². The molecule has 0 aliphatic heterocycles. The van der Waals surface area contributed by atoms with Gasteiger partial charge < -0.3 is 10.5 Å². The van der Waals surface area contributed by atoms with Gasteiger partial charge in [-0.05, 0) is 29.8 Å². The summed E-state index contributed by atoms with van der Waals surface area (Å²) < 4.78 is 31.1. The molecule has 2 N–H and O–H groups in total. The predicted octanol–water partition coefficient (Wildman–Crippen LogP) is 2.98. The van der Waals surface area contributed by atoms with Crippen LogP contribution in [0.1, 0.15) is 15.9 Å². The molecule has 104 valence electrons. The largest absolute Gasteiger partial charge is 0.497 e. The maximum atomic E-state index is 13.1. The third-order valence-corrected chi connectivity index (χ3v) is 2.85. The molecule has 0 saturated carbocycles. The second kappa shape index (κ2) is 5.69. The van der Waals surface area contributed by atoms with Gasteiger partial charge >= 0.3 is 0 Å². The van der Waals surface area contributed by atoms with Crippen LogP contribution in [-0.4, -0.2) is 12.9 Å². The molecule has 0 amide bonds. The Morgan fingerprint density at radius 2 is 1.80 bits per heavy atom. The highest BCUT2D eigenvalue weighted by molar-refractivity contribution is 6.02. The number of halogens is 2. The number of hydrogen-bond donors (Lipinski definition) is 1. The molecular formula is C15H13F2NO2. The van der Waals surface area contributed by atoms with Gasteiger partial charge in [0.05, 0.1) is 7.11 Å². The van der Waals surface area contributed by atoms with E-state index in [9.17, 15) is 13.6 Å². The number of methoxy groups -OCH3 is 1. The Hall–Kier alpha value is -2.43. The zero-order valence-corrected chi connectivity index (χ0v) is 10.8. The van der Waals surface area contributed by atoms with Crippen molar-refractivity contribution in [1.29, 1.82) is 0 Å². The van der Waals surface area contributed by atoms with Crippen LogP contribution < -0.4 is 10.5 Å². The van der Waals surface area contributed by atoms with E-state index in [4.69, 9.17) is 10.5 Å². The first kappa shape index (κ1) is 14.0. The molecule has 20 heavy (non-hydrogen) atoms. The SMILES string of the molecule is COc1ccc(C(=O)Cc2cc(F)cc(F)c2)c(N)c1. The zero-order valence-electron chi connectivity index (χ0n) is 10.8. The third-order valence-electron chi connectivity index (χ3n) is 2.85. The lowest BCUT2D eigenvalue weighted by Crippen LogP contribution is -2.07. The zero-order chi connectivity index (χ0) is 14.7. The van der Waals surface area contributed by atoms with Gasteiger partial charge in [-0.3, -0.25) is 4.79 Å². The maximum absolute atomic E-state index is 13.1. The standard InChI is InChI=1S/C15H13F2NO2/c1-20-12-2-3-13(14(18)8-12)15(19)6-9-4-10(16)7-11(17)5-9/h2-5,7-8H,6,18H2,1H3. The van der Waals surface area contributed by atoms with Gasteiger partial charge in [0.1, 0.15) is 17.4 Å². The number of benzene rings is 2. The maximum Gasteiger partial charge on any atom is 0.169 e. The average molecular weight is 277 g/mol. The van der Waals surface area contributed by atoms with E-state index in [-0.39, 0.29) is 23.5 Å². The molecule has 0 unspecified atom stereocenters. The summed E-state index contributed by atoms with van der Waals surface area (Å²) in [7, 11) is 1.49. The van der Waals surface area contributed by atoms with Gasteiger partial charge in [0, 0.05) is 29.8 Å². The van der Waals surface area contributed by atoms with Crippen LogP contribution in [0.3, 0.4) is 0 Å². The molecule has 0 aliphatic carbocycles. The van der Waals surface area contributed by atoms with Crippen molar-refractivity contribution in [2.75, 3.05) is 12.8 Å². The number of rotatable bonds is 4. The van der Waals surface area contributed by atoms with Crippen LogP contribution >= 0.6 is 0 Å². The number of ether oxygens (including phenoxy) is 1. The van der Waals surface area contributed by atoms with Gasteiger partial charge in [0.2, 0.25) is 0 Å². The Bertz CT molecular complexity index is 636. The lowest BCUT2D eigenvalue weighted by molar-refractivity contribution is 0.0993. The van der Waals surface area contributed by atoms with Crippen molar-refractivity contribution in [1.82, 2.24) is 0 Å². The number of nitrogen functional groups attached to an aromatic ring is 1. The van der Waals surface area contributed by atoms with Crippen molar-refractivity contribution in [2.24, 2.45) is 0 Å². The van der Waals surface area contributed by atoms with Gasteiger partial charge in [-0.15, -0.1) is 0 Å². The molecule has 2 rings (SSSR count). The van der Waals surface area contributed by atoms with E-state index in [1.807, 2.05) is 0 Å². The molecule has 0 aromatic heterocycles. The van der Waals surface area contributed by atoms with E-state index in [2.05, 4.69) is 0 Å². The summed E-state index contributed by atoms with van der Waals surface area (Å²) >= 11 is 0. The van der Waals surface area contributed by atoms with E-state index in [1.54, 1.807) is 6.07 Å². The number of anilines is 1. The Balaban J connectivity index is 2.23. The number of Topliss-reactive ketones (excluding diaryl/α,β-unsaturated/α-hetero) is 1. The molecule has 3 nitrogen and oxygen atoms in total. The fraction of sp³-hybridized carbons (Fsp3) is 0.133. The van der Waals surface area contributed by atoms with E-state index in [1.165, 1.54) is 19.2 Å². The molecule has 2 aromatic rings. The monoisotopic (exact) mass is 277 g/mol. The number of nitrogens with two attached hydrogens (primary N) is 1. The molecule has 0 aliphatic rings. The molecule has 0 atom stereocenters. The summed E-state index contributed by atoms with van der Waals surface area (Å²) in [6, 6.07) is 7.68. The summed E-state index contributed by atoms with van der Waals surface area (Å²) in [5.41, 5.74) is 6.60. The summed E-state index contributed by atoms with van der Waals surface area (Å²) in [6.45, 7) is 0. The van der Waals surface area contributed by atoms with Gasteiger partial charge in [-0.25, -0.2) is 8.78 Å². The normalized spacial score (nSPS) is 10.3. The topological polar surface area (TPSA) is 52.3 Å². The van der Waals surface area contributed by atoms with Crippen molar-refractivity contribution in [3.63, 3.8) is 0 Å². The van der Waals surface area contributed by atoms with Crippen molar-refractivity contribution < 1.29 is 18.3 Å². The van der Waals surface area contributed by atoms with Crippen LogP contribution in [-0.2, 0) is 6.42 Å². The van der Waals surface area contributed by atoms with Gasteiger partial charge in [0.25, 0.3) is 0 Å². The smallest absolute Gasteiger partial charge is 0.169 e. The summed E-state index contributed by atoms with van der Waals surface area (Å²) in [4.78, 5) is 12.1. The molecule has 0 radical (unpaired) electrons. The fourth-order valence-corrected chi connectivity index (χ4v) is 1.92. The molecule has 0 saturated heterocycles. The highest BCUT2D eigenvalue weighted by Gasteiger charge is 2.12. The van der Waals surface area contributed by atoms with Crippen LogP contribution in [0.25, 0.3) is 0 Å². The number of carbonyl (C=O) groups excluding carboxylic acids is 1. The molecule has 0 spiro atoms. The van der Waals surface area contributed by atoms with E-state index < -0.39 is 11.6 Å². The Morgan fingerprint density at radius 3 is 2.35 bits per heavy atom. The van der Waals surface area contributed by atoms with E-state index >= 15 is 0 Å². The second-order valence-corrected chi connectivity index (χ2v) is 4.33. The first-order valence-corrected chi connectivity index (χ1v) is 5.91. The lowest BCUT2D eigenvalue weighted by atomic mass is 10.0. The minimum Gasteiger partial charge on any atom is -0.497 e. The van der Waals surface area contributed by atoms with Gasteiger partial charge in [0.15, 0.2) is 5.78 Å². The molecule has 5 heteroatoms. The Labute approximate surface area is 115 Å². The molecule has 2 aromatic carbocycles. The van der Waals surface area contributed by atoms with Gasteiger partial charge in [-0.2, -0.15) is 0 Å². The predicted molar refractivity (Wildman–Crippen MR) is 71.8 cm³/mol. The van der Waals surface area contributed by atoms with Crippen molar-refractivity contribution in [2.45, 2.75) is 6.42 Å². The van der Waals surface area contributed by atoms with E-state index in [0.717, 1.165) is 18.2 Å². The Morgan fingerprint density at radius 1 is 1.15 bits per heavy atom. The average Bonchev–Trinajstić information content (AvgIpc) is 2.36. The first-order valence-electron chi connectivity index (χ1n) is 5.91. The minimum atomic E-state index is -0.712. The highest BCUT2D eigenvalue weighted by Crippen LogP contribution is 2.21. The highest BCUT2D eigenvalue weighted by atomic mass is 19.1. The number of ketones is 1. The lowest BCUT2D eigenvalue weighted by Gasteiger charge is -2.07. The van der Waals surface area contributed by atoms with Crippen molar-refractivity contribution in [3.05, 3.63) is 59.2 Å². The first-order chi connectivity index (χ1) is 9.49. The van der Waals surface area contributed by atoms with Crippen LogP contribution in [0.4, 0.5) is 14.5 Å². The van der Waals surface area contributed by atoms with E-state index in [0.29, 0.717) is 11.3 Å². The van der Waals surface area contributed by atoms with Crippen molar-refractivity contribution >= 4 is 11.5 Å². The van der Waals surface area contributed by atoms with Crippen molar-refractivity contribution in [3.8, 4) is 5.75 Å². The molecule has 0 bridgehead atoms. The van der Waals surface area contributed by atoms with Crippen LogP contribution in [0.2, 0.25) is 0 Å². The number of hydrogen-bond acceptors (Lipinski definition) is 3. The molecule has 0 heterocycles. The molecule has 0 fully saturated rings. The number of carbonyl (C=O) groups is 1. The fourth-order valence-electron chi connectivity index (χ4n) is 1.92. The Kier molecular flexibility index (Phi) is 3.98. The summed E-state index contributed by atoms with van der Waals surface area (Å²) in [5, 5.41) is 0.